The van der Waals surface area contributed by atoms with Crippen molar-refractivity contribution < 1.29 is 9.59 Å². The molecule has 0 bridgehead atoms. The molecule has 0 atom stereocenters. The molecule has 144 valence electrons. The Hall–Kier alpha value is -2.62. The standard InChI is InChI=1S/C23H30N2O2/c1-3-24(18-20-12-7-5-8-13-20)22(26)16-11-17-23(27)25(4-2)19-21-14-9-6-10-15-21/h5-10,12-15H,3-4,11,16-19H2,1-2H3. The summed E-state index contributed by atoms with van der Waals surface area (Å²) in [5, 5.41) is 0. The average molecular weight is 367 g/mol. The van der Waals surface area contributed by atoms with E-state index in [1.165, 1.54) is 0 Å². The number of rotatable bonds is 10. The van der Waals surface area contributed by atoms with Gasteiger partial charge in [0, 0.05) is 39.0 Å². The molecule has 0 aromatic heterocycles. The van der Waals surface area contributed by atoms with Crippen LogP contribution < -0.4 is 0 Å². The van der Waals surface area contributed by atoms with Crippen LogP contribution in [0.15, 0.2) is 60.7 Å². The van der Waals surface area contributed by atoms with Gasteiger partial charge in [-0.2, -0.15) is 0 Å². The van der Waals surface area contributed by atoms with Crippen LogP contribution in [0, 0.1) is 0 Å². The first kappa shape index (κ1) is 20.7. The molecular formula is C23H30N2O2. The summed E-state index contributed by atoms with van der Waals surface area (Å²) in [5.74, 6) is 0.223. The first-order chi connectivity index (χ1) is 13.1. The van der Waals surface area contributed by atoms with Crippen molar-refractivity contribution in [1.82, 2.24) is 9.80 Å². The minimum absolute atomic E-state index is 0.111. The van der Waals surface area contributed by atoms with E-state index in [2.05, 4.69) is 0 Å². The van der Waals surface area contributed by atoms with Crippen LogP contribution in [-0.4, -0.2) is 34.7 Å². The molecular weight excluding hydrogens is 336 g/mol. The molecule has 4 nitrogen and oxygen atoms in total. The van der Waals surface area contributed by atoms with Crippen molar-refractivity contribution >= 4 is 11.8 Å². The molecule has 0 N–H and O–H groups in total. The molecule has 2 aromatic carbocycles. The Kier molecular flexibility index (Phi) is 8.56. The fourth-order valence-electron chi connectivity index (χ4n) is 3.07. The number of hydrogen-bond donors (Lipinski definition) is 0. The number of benzene rings is 2. The van der Waals surface area contributed by atoms with Crippen molar-refractivity contribution in [3.05, 3.63) is 71.8 Å². The van der Waals surface area contributed by atoms with Crippen LogP contribution in [0.3, 0.4) is 0 Å². The third-order valence-corrected chi connectivity index (χ3v) is 4.68. The van der Waals surface area contributed by atoms with Gasteiger partial charge in [0.15, 0.2) is 0 Å². The van der Waals surface area contributed by atoms with E-state index in [-0.39, 0.29) is 11.8 Å². The second-order valence-electron chi connectivity index (χ2n) is 6.64. The Bertz CT molecular complexity index is 639. The van der Waals surface area contributed by atoms with E-state index in [1.807, 2.05) is 84.3 Å². The van der Waals surface area contributed by atoms with Crippen molar-refractivity contribution in [2.24, 2.45) is 0 Å². The first-order valence-corrected chi connectivity index (χ1v) is 9.77. The maximum absolute atomic E-state index is 12.5. The maximum atomic E-state index is 12.5. The van der Waals surface area contributed by atoms with E-state index in [9.17, 15) is 9.59 Å². The average Bonchev–Trinajstić information content (AvgIpc) is 2.71. The van der Waals surface area contributed by atoms with Crippen LogP contribution in [0.5, 0.6) is 0 Å². The highest BCUT2D eigenvalue weighted by molar-refractivity contribution is 5.79. The number of hydrogen-bond acceptors (Lipinski definition) is 2. The Morgan fingerprint density at radius 3 is 1.37 bits per heavy atom. The fraction of sp³-hybridized carbons (Fsp3) is 0.391. The molecule has 0 aliphatic rings. The quantitative estimate of drug-likeness (QED) is 0.630. The number of carbonyl (C=O) groups is 2. The Morgan fingerprint density at radius 2 is 1.04 bits per heavy atom. The van der Waals surface area contributed by atoms with Crippen molar-refractivity contribution in [1.29, 1.82) is 0 Å². The Labute approximate surface area is 162 Å². The van der Waals surface area contributed by atoms with Crippen LogP contribution in [0.25, 0.3) is 0 Å². The van der Waals surface area contributed by atoms with Crippen molar-refractivity contribution in [3.63, 3.8) is 0 Å². The lowest BCUT2D eigenvalue weighted by molar-refractivity contribution is -0.133. The lowest BCUT2D eigenvalue weighted by atomic mass is 10.1. The van der Waals surface area contributed by atoms with E-state index in [4.69, 9.17) is 0 Å². The molecule has 0 heterocycles. The summed E-state index contributed by atoms with van der Waals surface area (Å²) < 4.78 is 0. The number of nitrogens with zero attached hydrogens (tertiary/aromatic N) is 2. The second kappa shape index (κ2) is 11.2. The van der Waals surface area contributed by atoms with Crippen molar-refractivity contribution in [2.75, 3.05) is 13.1 Å². The minimum atomic E-state index is 0.111. The highest BCUT2D eigenvalue weighted by Gasteiger charge is 2.15. The zero-order valence-corrected chi connectivity index (χ0v) is 16.4. The molecule has 0 fully saturated rings. The summed E-state index contributed by atoms with van der Waals surface area (Å²) >= 11 is 0. The molecule has 0 aliphatic carbocycles. The van der Waals surface area contributed by atoms with Crippen LogP contribution >= 0.6 is 0 Å². The van der Waals surface area contributed by atoms with E-state index >= 15 is 0 Å². The zero-order valence-electron chi connectivity index (χ0n) is 16.4. The second-order valence-corrected chi connectivity index (χ2v) is 6.64. The molecule has 0 radical (unpaired) electrons. The summed E-state index contributed by atoms with van der Waals surface area (Å²) in [6.45, 7) is 6.58. The largest absolute Gasteiger partial charge is 0.339 e. The minimum Gasteiger partial charge on any atom is -0.339 e. The monoisotopic (exact) mass is 366 g/mol. The van der Waals surface area contributed by atoms with Crippen molar-refractivity contribution in [2.45, 2.75) is 46.2 Å². The predicted octanol–water partition coefficient (Wildman–Crippen LogP) is 4.25. The molecule has 0 aliphatic heterocycles. The van der Waals surface area contributed by atoms with Crippen LogP contribution in [0.4, 0.5) is 0 Å². The summed E-state index contributed by atoms with van der Waals surface area (Å²) in [7, 11) is 0. The molecule has 2 aromatic rings. The summed E-state index contributed by atoms with van der Waals surface area (Å²) in [6, 6.07) is 20.0. The van der Waals surface area contributed by atoms with Crippen molar-refractivity contribution in [3.8, 4) is 0 Å². The molecule has 0 spiro atoms. The van der Waals surface area contributed by atoms with Gasteiger partial charge in [0.25, 0.3) is 0 Å². The summed E-state index contributed by atoms with van der Waals surface area (Å²) in [5.41, 5.74) is 2.26. The van der Waals surface area contributed by atoms with Crippen LogP contribution in [0.2, 0.25) is 0 Å². The van der Waals surface area contributed by atoms with Gasteiger partial charge in [-0.25, -0.2) is 0 Å². The van der Waals surface area contributed by atoms with Gasteiger partial charge in [-0.1, -0.05) is 60.7 Å². The van der Waals surface area contributed by atoms with Gasteiger partial charge in [0.05, 0.1) is 0 Å². The molecule has 0 unspecified atom stereocenters. The third kappa shape index (κ3) is 6.89. The smallest absolute Gasteiger partial charge is 0.222 e. The molecule has 0 saturated heterocycles. The summed E-state index contributed by atoms with van der Waals surface area (Å²) in [4.78, 5) is 28.7. The lowest BCUT2D eigenvalue weighted by Gasteiger charge is -2.22. The Morgan fingerprint density at radius 1 is 0.667 bits per heavy atom. The summed E-state index contributed by atoms with van der Waals surface area (Å²) in [6.07, 6.45) is 1.42. The van der Waals surface area contributed by atoms with Crippen LogP contribution in [0.1, 0.15) is 44.2 Å². The van der Waals surface area contributed by atoms with Gasteiger partial charge in [0.1, 0.15) is 0 Å². The van der Waals surface area contributed by atoms with E-state index in [0.29, 0.717) is 45.4 Å². The van der Waals surface area contributed by atoms with Crippen LogP contribution in [-0.2, 0) is 22.7 Å². The maximum Gasteiger partial charge on any atom is 0.222 e. The van der Waals surface area contributed by atoms with E-state index in [1.54, 1.807) is 0 Å². The molecule has 27 heavy (non-hydrogen) atoms. The van der Waals surface area contributed by atoms with E-state index < -0.39 is 0 Å². The predicted molar refractivity (Wildman–Crippen MR) is 109 cm³/mol. The molecule has 2 amide bonds. The Balaban J connectivity index is 1.79. The highest BCUT2D eigenvalue weighted by atomic mass is 16.2. The topological polar surface area (TPSA) is 40.6 Å². The van der Waals surface area contributed by atoms with Gasteiger partial charge < -0.3 is 9.80 Å². The lowest BCUT2D eigenvalue weighted by Crippen LogP contribution is -2.32. The highest BCUT2D eigenvalue weighted by Crippen LogP contribution is 2.11. The van der Waals surface area contributed by atoms with E-state index in [0.717, 1.165) is 11.1 Å². The number of amides is 2. The first-order valence-electron chi connectivity index (χ1n) is 9.77. The SMILES string of the molecule is CCN(Cc1ccccc1)C(=O)CCCC(=O)N(CC)Cc1ccccc1. The molecule has 0 saturated carbocycles. The van der Waals surface area contributed by atoms with Gasteiger partial charge in [0.2, 0.25) is 11.8 Å². The fourth-order valence-corrected chi connectivity index (χ4v) is 3.07. The molecule has 4 heteroatoms. The molecule has 2 rings (SSSR count). The zero-order chi connectivity index (χ0) is 19.5. The van der Waals surface area contributed by atoms with Gasteiger partial charge >= 0.3 is 0 Å². The third-order valence-electron chi connectivity index (χ3n) is 4.68. The van der Waals surface area contributed by atoms with Gasteiger partial charge in [-0.15, -0.1) is 0 Å². The van der Waals surface area contributed by atoms with Gasteiger partial charge in [-0.05, 0) is 31.4 Å². The van der Waals surface area contributed by atoms with Gasteiger partial charge in [-0.3, -0.25) is 9.59 Å². The number of carbonyl (C=O) groups excluding carboxylic acids is 2. The normalized spacial score (nSPS) is 10.4.